The average molecular weight is 519 g/mol. The van der Waals surface area contributed by atoms with Crippen LogP contribution in [0.25, 0.3) is 0 Å². The summed E-state index contributed by atoms with van der Waals surface area (Å²) in [6.45, 7) is 5.67. The van der Waals surface area contributed by atoms with Crippen LogP contribution in [0.15, 0.2) is 24.3 Å². The largest absolute Gasteiger partial charge is 0.463 e. The number of aliphatic hydroxyl groups is 1. The third-order valence-electron chi connectivity index (χ3n) is 9.42. The van der Waals surface area contributed by atoms with Crippen molar-refractivity contribution in [3.8, 4) is 0 Å². The molecule has 4 fully saturated rings. The second kappa shape index (κ2) is 9.32. The summed E-state index contributed by atoms with van der Waals surface area (Å²) in [5, 5.41) is 10.6. The van der Waals surface area contributed by atoms with Crippen molar-refractivity contribution in [1.29, 1.82) is 0 Å². The first-order chi connectivity index (χ1) is 17.5. The molecule has 1 N–H and O–H groups in total. The van der Waals surface area contributed by atoms with E-state index in [4.69, 9.17) is 23.7 Å². The molecule has 2 aliphatic carbocycles. The predicted octanol–water partition coefficient (Wildman–Crippen LogP) is 1.43. The highest BCUT2D eigenvalue weighted by Gasteiger charge is 2.83. The van der Waals surface area contributed by atoms with E-state index in [0.29, 0.717) is 19.4 Å². The summed E-state index contributed by atoms with van der Waals surface area (Å²) in [6, 6.07) is 0. The fraction of sp³-hybridized carbons (Fsp3) is 0.704. The topological polar surface area (TPSA) is 138 Å². The van der Waals surface area contributed by atoms with Gasteiger partial charge in [0.15, 0.2) is 6.10 Å². The second-order valence-corrected chi connectivity index (χ2v) is 11.3. The number of Topliss-reactive ketones (excluding diaryl/α,β-unsaturated/α-hetero) is 1. The molecule has 3 heterocycles. The number of ketones is 1. The molecule has 9 atom stereocenters. The van der Waals surface area contributed by atoms with Crippen LogP contribution in [0.3, 0.4) is 0 Å². The minimum atomic E-state index is -1.45. The molecule has 10 nitrogen and oxygen atoms in total. The zero-order valence-corrected chi connectivity index (χ0v) is 21.3. The van der Waals surface area contributed by atoms with Gasteiger partial charge in [-0.05, 0) is 18.8 Å². The molecule has 0 radical (unpaired) electrons. The van der Waals surface area contributed by atoms with E-state index in [2.05, 4.69) is 0 Å². The van der Waals surface area contributed by atoms with Gasteiger partial charge in [-0.25, -0.2) is 14.4 Å². The molecule has 0 aromatic rings. The molecular formula is C27H34O10. The lowest BCUT2D eigenvalue weighted by molar-refractivity contribution is -0.253. The number of hydrogen-bond donors (Lipinski definition) is 1. The SMILES string of the molecule is CC1CCOC(=O)C=C/C=C\C(=O)O[C@@H]2C[C@H]3O[C@@H]4C[C@@H](C)C(=O)C[C@]4(COC(=O)C1O)[C@]2(C)C31CO1. The summed E-state index contributed by atoms with van der Waals surface area (Å²) in [6.07, 6.45) is 3.45. The molecule has 202 valence electrons. The third-order valence-corrected chi connectivity index (χ3v) is 9.42. The summed E-state index contributed by atoms with van der Waals surface area (Å²) >= 11 is 0. The fourth-order valence-corrected chi connectivity index (χ4v) is 6.85. The molecule has 3 unspecified atom stereocenters. The molecule has 5 rings (SSSR count). The fourth-order valence-electron chi connectivity index (χ4n) is 6.85. The van der Waals surface area contributed by atoms with Gasteiger partial charge in [0.2, 0.25) is 0 Å². The van der Waals surface area contributed by atoms with Gasteiger partial charge in [0.1, 0.15) is 24.1 Å². The molecule has 2 bridgehead atoms. The van der Waals surface area contributed by atoms with Crippen LogP contribution in [0.2, 0.25) is 0 Å². The zero-order valence-electron chi connectivity index (χ0n) is 21.3. The van der Waals surface area contributed by atoms with Gasteiger partial charge in [-0.2, -0.15) is 0 Å². The molecule has 0 aromatic carbocycles. The molecule has 2 saturated carbocycles. The summed E-state index contributed by atoms with van der Waals surface area (Å²) < 4.78 is 29.3. The van der Waals surface area contributed by atoms with Crippen molar-refractivity contribution < 1.29 is 48.0 Å². The van der Waals surface area contributed by atoms with Crippen LogP contribution >= 0.6 is 0 Å². The van der Waals surface area contributed by atoms with Gasteiger partial charge in [0.25, 0.3) is 0 Å². The second-order valence-electron chi connectivity index (χ2n) is 11.3. The highest BCUT2D eigenvalue weighted by Crippen LogP contribution is 2.72. The molecule has 0 amide bonds. The molecule has 10 heteroatoms. The Morgan fingerprint density at radius 2 is 1.62 bits per heavy atom. The van der Waals surface area contributed by atoms with Crippen LogP contribution in [0.4, 0.5) is 0 Å². The first-order valence-electron chi connectivity index (χ1n) is 12.9. The minimum Gasteiger partial charge on any atom is -0.463 e. The van der Waals surface area contributed by atoms with Gasteiger partial charge >= 0.3 is 17.9 Å². The maximum Gasteiger partial charge on any atom is 0.335 e. The number of carbonyl (C=O) groups excluding carboxylic acids is 4. The number of carbonyl (C=O) groups is 4. The quantitative estimate of drug-likeness (QED) is 0.285. The smallest absolute Gasteiger partial charge is 0.335 e. The van der Waals surface area contributed by atoms with E-state index in [1.165, 1.54) is 24.3 Å². The summed E-state index contributed by atoms with van der Waals surface area (Å²) in [5.74, 6) is -2.80. The minimum absolute atomic E-state index is 0.00627. The Morgan fingerprint density at radius 3 is 2.32 bits per heavy atom. The van der Waals surface area contributed by atoms with Crippen molar-refractivity contribution >= 4 is 23.7 Å². The standard InChI is InChI=1S/C27H34O10/c1-15-8-9-33-21(29)6-4-5-7-22(30)37-18-11-20-27(14-35-27)25(18,3)26(13-34-24(32)23(15)31)12-17(28)16(2)10-19(26)36-20/h4-7,15-16,18-20,23,31H,8-14H2,1-3H3/b6-4?,7-5-/t15?,16-,18-,19-,20-,23?,25-,26-,27?/m1/s1. The van der Waals surface area contributed by atoms with Crippen molar-refractivity contribution in [3.05, 3.63) is 24.3 Å². The van der Waals surface area contributed by atoms with Gasteiger partial charge in [0, 0.05) is 36.3 Å². The van der Waals surface area contributed by atoms with E-state index in [0.717, 1.165) is 0 Å². The Kier molecular flexibility index (Phi) is 6.57. The van der Waals surface area contributed by atoms with Crippen molar-refractivity contribution in [3.63, 3.8) is 0 Å². The van der Waals surface area contributed by atoms with Gasteiger partial charge < -0.3 is 28.8 Å². The summed E-state index contributed by atoms with van der Waals surface area (Å²) in [4.78, 5) is 50.8. The van der Waals surface area contributed by atoms with Crippen molar-refractivity contribution in [2.24, 2.45) is 22.7 Å². The van der Waals surface area contributed by atoms with Gasteiger partial charge in [0.05, 0.1) is 30.8 Å². The van der Waals surface area contributed by atoms with E-state index >= 15 is 0 Å². The van der Waals surface area contributed by atoms with Crippen molar-refractivity contribution in [2.75, 3.05) is 19.8 Å². The number of epoxide rings is 1. The highest BCUT2D eigenvalue weighted by molar-refractivity contribution is 5.85. The van der Waals surface area contributed by atoms with Crippen LogP contribution < -0.4 is 0 Å². The summed E-state index contributed by atoms with van der Waals surface area (Å²) in [7, 11) is 0. The predicted molar refractivity (Wildman–Crippen MR) is 126 cm³/mol. The van der Waals surface area contributed by atoms with Crippen LogP contribution in [-0.2, 0) is 42.9 Å². The maximum atomic E-state index is 13.2. The van der Waals surface area contributed by atoms with E-state index in [1.54, 1.807) is 6.92 Å². The number of ether oxygens (including phenoxy) is 5. The lowest BCUT2D eigenvalue weighted by atomic mass is 9.49. The Bertz CT molecular complexity index is 1040. The first-order valence-corrected chi connectivity index (χ1v) is 12.9. The number of esters is 3. The number of allylic oxidation sites excluding steroid dienone is 2. The van der Waals surface area contributed by atoms with Gasteiger partial charge in [-0.15, -0.1) is 0 Å². The van der Waals surface area contributed by atoms with Crippen LogP contribution in [0, 0.1) is 22.7 Å². The van der Waals surface area contributed by atoms with Crippen LogP contribution in [-0.4, -0.2) is 78.6 Å². The normalized spacial score (nSPS) is 47.2. The molecule has 2 spiro atoms. The van der Waals surface area contributed by atoms with E-state index in [9.17, 15) is 24.3 Å². The number of cyclic esters (lactones) is 2. The number of aliphatic hydroxyl groups excluding tert-OH is 1. The molecule has 5 aliphatic rings. The molecular weight excluding hydrogens is 484 g/mol. The van der Waals surface area contributed by atoms with E-state index in [1.807, 2.05) is 13.8 Å². The maximum absolute atomic E-state index is 13.2. The molecule has 2 saturated heterocycles. The first kappa shape index (κ1) is 26.1. The van der Waals surface area contributed by atoms with Gasteiger partial charge in [-0.1, -0.05) is 32.9 Å². The monoisotopic (exact) mass is 518 g/mol. The average Bonchev–Trinajstić information content (AvgIpc) is 3.63. The number of rotatable bonds is 0. The number of hydrogen-bond acceptors (Lipinski definition) is 10. The van der Waals surface area contributed by atoms with Crippen molar-refractivity contribution in [1.82, 2.24) is 0 Å². The Morgan fingerprint density at radius 1 is 0.919 bits per heavy atom. The Labute approximate surface area is 215 Å². The van der Waals surface area contributed by atoms with E-state index in [-0.39, 0.29) is 43.9 Å². The molecule has 3 aliphatic heterocycles. The van der Waals surface area contributed by atoms with Gasteiger partial charge in [-0.3, -0.25) is 4.79 Å². The Hall–Kier alpha value is -2.56. The zero-order chi connectivity index (χ0) is 26.6. The Balaban J connectivity index is 1.54. The molecule has 37 heavy (non-hydrogen) atoms. The highest BCUT2D eigenvalue weighted by atomic mass is 16.6. The summed E-state index contributed by atoms with van der Waals surface area (Å²) in [5.41, 5.74) is -2.65. The van der Waals surface area contributed by atoms with Crippen LogP contribution in [0.1, 0.15) is 46.5 Å². The van der Waals surface area contributed by atoms with Crippen LogP contribution in [0.5, 0.6) is 0 Å². The lowest BCUT2D eigenvalue weighted by Crippen LogP contribution is -2.69. The third kappa shape index (κ3) is 4.04. The van der Waals surface area contributed by atoms with Crippen molar-refractivity contribution in [2.45, 2.75) is 76.5 Å². The lowest BCUT2D eigenvalue weighted by Gasteiger charge is -2.59. The van der Waals surface area contributed by atoms with E-state index < -0.39 is 58.6 Å². The molecule has 0 aromatic heterocycles.